The molecule has 26 heavy (non-hydrogen) atoms. The molecule has 0 atom stereocenters. The Balaban J connectivity index is 2.96. The van der Waals surface area contributed by atoms with Crippen LogP contribution in [0.25, 0.3) is 0 Å². The molecular weight excluding hydrogens is 348 g/mol. The van der Waals surface area contributed by atoms with Crippen LogP contribution in [-0.4, -0.2) is 68.1 Å². The van der Waals surface area contributed by atoms with Gasteiger partial charge in [0.25, 0.3) is 0 Å². The highest BCUT2D eigenvalue weighted by Gasteiger charge is 2.38. The SMILES string of the molecule is CCOC(=O)C=C(ON=C(N)C1(OCCO)CCOCC1)C(=O)OCC. The first kappa shape index (κ1) is 21.9. The molecule has 0 aromatic rings. The molecule has 0 amide bonds. The van der Waals surface area contributed by atoms with E-state index in [0.717, 1.165) is 6.08 Å². The predicted octanol–water partition coefficient (Wildman–Crippen LogP) is -0.157. The quantitative estimate of drug-likeness (QED) is 0.133. The van der Waals surface area contributed by atoms with E-state index < -0.39 is 23.3 Å². The first-order valence-electron chi connectivity index (χ1n) is 8.38. The Kier molecular flexibility index (Phi) is 9.63. The number of ether oxygens (including phenoxy) is 4. The van der Waals surface area contributed by atoms with Crippen LogP contribution in [0.15, 0.2) is 17.0 Å². The van der Waals surface area contributed by atoms with Crippen LogP contribution in [0.4, 0.5) is 0 Å². The minimum Gasteiger partial charge on any atom is -0.463 e. The number of carbonyl (C=O) groups excluding carboxylic acids is 2. The summed E-state index contributed by atoms with van der Waals surface area (Å²) < 4.78 is 20.5. The lowest BCUT2D eigenvalue weighted by Crippen LogP contribution is -2.51. The van der Waals surface area contributed by atoms with Crippen molar-refractivity contribution in [2.75, 3.05) is 39.6 Å². The molecule has 10 nitrogen and oxygen atoms in total. The lowest BCUT2D eigenvalue weighted by atomic mass is 9.93. The van der Waals surface area contributed by atoms with Gasteiger partial charge in [0, 0.05) is 26.1 Å². The van der Waals surface area contributed by atoms with Crippen LogP contribution in [0.1, 0.15) is 26.7 Å². The number of nitrogens with two attached hydrogens (primary N) is 1. The van der Waals surface area contributed by atoms with Gasteiger partial charge in [-0.1, -0.05) is 5.16 Å². The Bertz CT molecular complexity index is 526. The Hall–Kier alpha value is -2.17. The molecule has 1 heterocycles. The predicted molar refractivity (Wildman–Crippen MR) is 89.9 cm³/mol. The zero-order chi connectivity index (χ0) is 19.4. The second-order valence-corrected chi connectivity index (χ2v) is 5.23. The zero-order valence-electron chi connectivity index (χ0n) is 15.1. The number of nitrogens with zero attached hydrogens (tertiary/aromatic N) is 1. The molecule has 148 valence electrons. The van der Waals surface area contributed by atoms with Gasteiger partial charge in [0.05, 0.1) is 32.5 Å². The summed E-state index contributed by atoms with van der Waals surface area (Å²) in [6.07, 6.45) is 1.65. The Morgan fingerprint density at radius 1 is 1.23 bits per heavy atom. The maximum atomic E-state index is 11.9. The molecule has 10 heteroatoms. The average molecular weight is 374 g/mol. The number of hydrogen-bond acceptors (Lipinski definition) is 9. The summed E-state index contributed by atoms with van der Waals surface area (Å²) in [4.78, 5) is 28.5. The Morgan fingerprint density at radius 2 is 1.88 bits per heavy atom. The van der Waals surface area contributed by atoms with Gasteiger partial charge in [0.1, 0.15) is 5.60 Å². The zero-order valence-corrected chi connectivity index (χ0v) is 15.1. The first-order valence-corrected chi connectivity index (χ1v) is 8.38. The van der Waals surface area contributed by atoms with Gasteiger partial charge >= 0.3 is 11.9 Å². The van der Waals surface area contributed by atoms with Crippen LogP contribution in [0.3, 0.4) is 0 Å². The fraction of sp³-hybridized carbons (Fsp3) is 0.688. The van der Waals surface area contributed by atoms with Crippen molar-refractivity contribution >= 4 is 17.8 Å². The molecule has 0 aromatic heterocycles. The number of carbonyl (C=O) groups is 2. The van der Waals surface area contributed by atoms with Gasteiger partial charge in [0.15, 0.2) is 5.84 Å². The largest absolute Gasteiger partial charge is 0.463 e. The van der Waals surface area contributed by atoms with E-state index in [9.17, 15) is 9.59 Å². The van der Waals surface area contributed by atoms with E-state index in [0.29, 0.717) is 26.1 Å². The molecular formula is C16H26N2O8. The van der Waals surface area contributed by atoms with E-state index in [-0.39, 0.29) is 32.3 Å². The molecule has 0 aromatic carbocycles. The summed E-state index contributed by atoms with van der Waals surface area (Å²) in [6.45, 7) is 4.11. The molecule has 0 saturated carbocycles. The van der Waals surface area contributed by atoms with Crippen LogP contribution < -0.4 is 5.73 Å². The lowest BCUT2D eigenvalue weighted by Gasteiger charge is -2.35. The number of amidine groups is 1. The molecule has 1 fully saturated rings. The summed E-state index contributed by atoms with van der Waals surface area (Å²) in [5.41, 5.74) is 5.02. The molecule has 1 saturated heterocycles. The van der Waals surface area contributed by atoms with Gasteiger partial charge < -0.3 is 34.6 Å². The summed E-state index contributed by atoms with van der Waals surface area (Å²) in [6, 6.07) is 0. The number of aliphatic hydroxyl groups excluding tert-OH is 1. The number of oxime groups is 1. The van der Waals surface area contributed by atoms with Crippen LogP contribution in [0.5, 0.6) is 0 Å². The van der Waals surface area contributed by atoms with Gasteiger partial charge in [-0.05, 0) is 13.8 Å². The third kappa shape index (κ3) is 6.62. The lowest BCUT2D eigenvalue weighted by molar-refractivity contribution is -0.144. The molecule has 0 unspecified atom stereocenters. The van der Waals surface area contributed by atoms with Gasteiger partial charge in [-0.2, -0.15) is 0 Å². The fourth-order valence-corrected chi connectivity index (χ4v) is 2.21. The Labute approximate surface area is 151 Å². The fourth-order valence-electron chi connectivity index (χ4n) is 2.21. The normalized spacial score (nSPS) is 17.5. The molecule has 0 aliphatic carbocycles. The van der Waals surface area contributed by atoms with E-state index in [4.69, 9.17) is 34.6 Å². The number of rotatable bonds is 10. The smallest absolute Gasteiger partial charge is 0.377 e. The monoisotopic (exact) mass is 374 g/mol. The summed E-state index contributed by atoms with van der Waals surface area (Å²) in [7, 11) is 0. The molecule has 1 rings (SSSR count). The van der Waals surface area contributed by atoms with E-state index in [1.54, 1.807) is 13.8 Å². The van der Waals surface area contributed by atoms with Crippen LogP contribution in [0, 0.1) is 0 Å². The van der Waals surface area contributed by atoms with Crippen molar-refractivity contribution in [3.8, 4) is 0 Å². The first-order chi connectivity index (χ1) is 12.5. The van der Waals surface area contributed by atoms with Crippen molar-refractivity contribution in [2.45, 2.75) is 32.3 Å². The second-order valence-electron chi connectivity index (χ2n) is 5.23. The topological polar surface area (TPSA) is 139 Å². The standard InChI is InChI=1S/C16H26N2O8/c1-3-23-13(20)11-12(14(21)24-4-2)26-18-15(17)16(25-10-7-19)5-8-22-9-6-16/h11,19H,3-10H2,1-2H3,(H2,17,18). The molecule has 1 aliphatic heterocycles. The number of hydrogen-bond donors (Lipinski definition) is 2. The molecule has 0 bridgehead atoms. The van der Waals surface area contributed by atoms with Crippen LogP contribution >= 0.6 is 0 Å². The van der Waals surface area contributed by atoms with Crippen molar-refractivity contribution in [3.63, 3.8) is 0 Å². The molecule has 3 N–H and O–H groups in total. The minimum absolute atomic E-state index is 0.0340. The van der Waals surface area contributed by atoms with Gasteiger partial charge in [-0.3, -0.25) is 0 Å². The van der Waals surface area contributed by atoms with E-state index >= 15 is 0 Å². The highest BCUT2D eigenvalue weighted by molar-refractivity contribution is 5.95. The summed E-state index contributed by atoms with van der Waals surface area (Å²) in [5, 5.41) is 12.7. The van der Waals surface area contributed by atoms with E-state index in [1.165, 1.54) is 0 Å². The van der Waals surface area contributed by atoms with Gasteiger partial charge in [-0.25, -0.2) is 9.59 Å². The van der Waals surface area contributed by atoms with Crippen LogP contribution in [0.2, 0.25) is 0 Å². The van der Waals surface area contributed by atoms with Crippen molar-refractivity contribution in [3.05, 3.63) is 11.8 Å². The van der Waals surface area contributed by atoms with Crippen molar-refractivity contribution < 1.29 is 38.5 Å². The second kappa shape index (κ2) is 11.4. The molecule has 0 spiro atoms. The van der Waals surface area contributed by atoms with E-state index in [2.05, 4.69) is 5.16 Å². The third-order valence-electron chi connectivity index (χ3n) is 3.49. The molecule has 1 aliphatic rings. The minimum atomic E-state index is -0.981. The van der Waals surface area contributed by atoms with Crippen molar-refractivity contribution in [1.29, 1.82) is 0 Å². The number of aliphatic hydroxyl groups is 1. The number of esters is 2. The van der Waals surface area contributed by atoms with E-state index in [1.807, 2.05) is 0 Å². The third-order valence-corrected chi connectivity index (χ3v) is 3.49. The highest BCUT2D eigenvalue weighted by atomic mass is 16.7. The maximum absolute atomic E-state index is 11.9. The highest BCUT2D eigenvalue weighted by Crippen LogP contribution is 2.26. The summed E-state index contributed by atoms with van der Waals surface area (Å²) >= 11 is 0. The van der Waals surface area contributed by atoms with Crippen molar-refractivity contribution in [2.24, 2.45) is 10.9 Å². The molecule has 0 radical (unpaired) electrons. The van der Waals surface area contributed by atoms with Gasteiger partial charge in [-0.15, -0.1) is 0 Å². The summed E-state index contributed by atoms with van der Waals surface area (Å²) in [5.74, 6) is -2.15. The van der Waals surface area contributed by atoms with Crippen LogP contribution in [-0.2, 0) is 33.4 Å². The maximum Gasteiger partial charge on any atom is 0.377 e. The Morgan fingerprint density at radius 3 is 2.46 bits per heavy atom. The van der Waals surface area contributed by atoms with Gasteiger partial charge in [0.2, 0.25) is 5.76 Å². The average Bonchev–Trinajstić information content (AvgIpc) is 2.64. The van der Waals surface area contributed by atoms with Crippen molar-refractivity contribution in [1.82, 2.24) is 0 Å².